The minimum Gasteiger partial charge on any atom is -0.497 e. The monoisotopic (exact) mass is 408 g/mol. The Morgan fingerprint density at radius 2 is 2.00 bits per heavy atom. The highest BCUT2D eigenvalue weighted by Crippen LogP contribution is 2.43. The second-order valence-electron chi connectivity index (χ2n) is 8.93. The lowest BCUT2D eigenvalue weighted by atomic mass is 9.82. The zero-order valence-corrected chi connectivity index (χ0v) is 17.6. The molecule has 3 aliphatic rings. The van der Waals surface area contributed by atoms with Crippen molar-refractivity contribution in [1.82, 2.24) is 14.7 Å². The Labute approximate surface area is 176 Å². The van der Waals surface area contributed by atoms with E-state index in [1.165, 1.54) is 12.8 Å². The molecule has 0 radical (unpaired) electrons. The Morgan fingerprint density at radius 3 is 2.70 bits per heavy atom. The molecule has 7 heteroatoms. The minimum absolute atomic E-state index is 0.0121. The van der Waals surface area contributed by atoms with Crippen LogP contribution in [0.25, 0.3) is 0 Å². The molecule has 30 heavy (non-hydrogen) atoms. The minimum atomic E-state index is -0.327. The maximum absolute atomic E-state index is 13.1. The van der Waals surface area contributed by atoms with E-state index >= 15 is 0 Å². The first-order valence-corrected chi connectivity index (χ1v) is 10.8. The van der Waals surface area contributed by atoms with Crippen molar-refractivity contribution in [3.8, 4) is 5.75 Å². The summed E-state index contributed by atoms with van der Waals surface area (Å²) in [7, 11) is 1.60. The molecule has 2 aliphatic heterocycles. The first-order valence-electron chi connectivity index (χ1n) is 10.8. The van der Waals surface area contributed by atoms with Gasteiger partial charge < -0.3 is 9.64 Å². The van der Waals surface area contributed by atoms with Gasteiger partial charge in [0.25, 0.3) is 5.91 Å². The smallest absolute Gasteiger partial charge is 0.253 e. The van der Waals surface area contributed by atoms with Crippen molar-refractivity contribution in [3.05, 3.63) is 41.6 Å². The molecular formula is C23H28N4O3. The number of aromatic nitrogens is 2. The lowest BCUT2D eigenvalue weighted by molar-refractivity contribution is -0.122. The number of carbonyl (C=O) groups excluding carboxylic acids is 2. The van der Waals surface area contributed by atoms with Crippen LogP contribution in [0.2, 0.25) is 0 Å². The van der Waals surface area contributed by atoms with Crippen molar-refractivity contribution in [1.29, 1.82) is 0 Å². The van der Waals surface area contributed by atoms with Gasteiger partial charge in [-0.1, -0.05) is 6.07 Å². The number of amides is 2. The van der Waals surface area contributed by atoms with E-state index in [1.54, 1.807) is 13.2 Å². The van der Waals surface area contributed by atoms with Crippen LogP contribution in [0.15, 0.2) is 30.3 Å². The van der Waals surface area contributed by atoms with Crippen LogP contribution in [0.4, 0.5) is 5.82 Å². The predicted octanol–water partition coefficient (Wildman–Crippen LogP) is 2.98. The lowest BCUT2D eigenvalue weighted by Gasteiger charge is -2.46. The molecule has 2 aromatic rings. The highest BCUT2D eigenvalue weighted by atomic mass is 16.5. The quantitative estimate of drug-likeness (QED) is 0.780. The topological polar surface area (TPSA) is 67.7 Å². The molecular weight excluding hydrogens is 380 g/mol. The fourth-order valence-electron chi connectivity index (χ4n) is 4.81. The Kier molecular flexibility index (Phi) is 4.56. The van der Waals surface area contributed by atoms with Crippen LogP contribution in [0.5, 0.6) is 5.75 Å². The van der Waals surface area contributed by atoms with Crippen LogP contribution in [0.3, 0.4) is 0 Å². The molecule has 2 amide bonds. The number of carbonyl (C=O) groups is 2. The zero-order valence-electron chi connectivity index (χ0n) is 17.6. The maximum atomic E-state index is 13.1. The number of nitrogens with zero attached hydrogens (tertiary/aromatic N) is 4. The molecule has 0 N–H and O–H groups in total. The fraction of sp³-hybridized carbons (Fsp3) is 0.522. The van der Waals surface area contributed by atoms with Gasteiger partial charge in [-0.25, -0.2) is 4.68 Å². The summed E-state index contributed by atoms with van der Waals surface area (Å²) < 4.78 is 7.35. The molecule has 158 valence electrons. The van der Waals surface area contributed by atoms with E-state index in [-0.39, 0.29) is 17.4 Å². The Balaban J connectivity index is 1.36. The van der Waals surface area contributed by atoms with Crippen molar-refractivity contribution in [2.24, 2.45) is 5.92 Å². The summed E-state index contributed by atoms with van der Waals surface area (Å²) in [4.78, 5) is 29.9. The Bertz CT molecular complexity index is 986. The summed E-state index contributed by atoms with van der Waals surface area (Å²) >= 11 is 0. The van der Waals surface area contributed by atoms with Crippen molar-refractivity contribution >= 4 is 17.6 Å². The van der Waals surface area contributed by atoms with E-state index in [0.717, 1.165) is 30.9 Å². The number of likely N-dealkylation sites (tertiary alicyclic amines) is 1. The number of hydrogen-bond acceptors (Lipinski definition) is 4. The van der Waals surface area contributed by atoms with Gasteiger partial charge in [-0.3, -0.25) is 14.5 Å². The second-order valence-corrected chi connectivity index (χ2v) is 8.93. The number of piperidine rings is 1. The second kappa shape index (κ2) is 7.15. The summed E-state index contributed by atoms with van der Waals surface area (Å²) in [5.74, 6) is 2.46. The molecule has 1 aromatic heterocycles. The number of hydrogen-bond donors (Lipinski definition) is 0. The standard InChI is InChI=1S/C23H28N4O3/c1-16-12-20-26(15-17-6-7-17)21(28)14-23(27(20)24-16)8-10-25(11-9-23)22(29)18-4-3-5-19(13-18)30-2/h3-5,12-13,17H,6-11,14-15H2,1-2H3. The number of fused-ring (bicyclic) bond motifs is 2. The summed E-state index contributed by atoms with van der Waals surface area (Å²) in [6, 6.07) is 9.32. The van der Waals surface area contributed by atoms with Crippen LogP contribution in [-0.2, 0) is 10.3 Å². The number of aryl methyl sites for hydroxylation is 1. The molecule has 0 bridgehead atoms. The Hall–Kier alpha value is -2.83. The highest BCUT2D eigenvalue weighted by molar-refractivity contribution is 5.96. The zero-order chi connectivity index (χ0) is 20.9. The highest BCUT2D eigenvalue weighted by Gasteiger charge is 2.47. The molecule has 1 aliphatic carbocycles. The van der Waals surface area contributed by atoms with Gasteiger partial charge >= 0.3 is 0 Å². The van der Waals surface area contributed by atoms with E-state index in [9.17, 15) is 9.59 Å². The molecule has 1 saturated heterocycles. The number of benzene rings is 1. The van der Waals surface area contributed by atoms with Crippen molar-refractivity contribution in [2.75, 3.05) is 31.6 Å². The van der Waals surface area contributed by atoms with Crippen molar-refractivity contribution in [2.45, 2.75) is 44.6 Å². The fourth-order valence-corrected chi connectivity index (χ4v) is 4.81. The number of ether oxygens (including phenoxy) is 1. The van der Waals surface area contributed by atoms with Crippen LogP contribution in [0, 0.1) is 12.8 Å². The van der Waals surface area contributed by atoms with Crippen molar-refractivity contribution < 1.29 is 14.3 Å². The molecule has 2 fully saturated rings. The normalized spacial score (nSPS) is 20.4. The average molecular weight is 409 g/mol. The van der Waals surface area contributed by atoms with Gasteiger partial charge in [-0.05, 0) is 56.7 Å². The van der Waals surface area contributed by atoms with Gasteiger partial charge in [0, 0.05) is 31.3 Å². The van der Waals surface area contributed by atoms with E-state index < -0.39 is 0 Å². The van der Waals surface area contributed by atoms with Gasteiger partial charge in [-0.2, -0.15) is 5.10 Å². The Morgan fingerprint density at radius 1 is 1.23 bits per heavy atom. The van der Waals surface area contributed by atoms with Gasteiger partial charge in [0.15, 0.2) is 0 Å². The SMILES string of the molecule is COc1cccc(C(=O)N2CCC3(CC2)CC(=O)N(CC2CC2)c2cc(C)nn23)c1. The van der Waals surface area contributed by atoms with Gasteiger partial charge in [0.1, 0.15) is 11.6 Å². The molecule has 3 heterocycles. The third-order valence-electron chi connectivity index (χ3n) is 6.76. The first kappa shape index (κ1) is 19.2. The van der Waals surface area contributed by atoms with Gasteiger partial charge in [-0.15, -0.1) is 0 Å². The molecule has 0 atom stereocenters. The molecule has 1 spiro atoms. The average Bonchev–Trinajstić information content (AvgIpc) is 3.50. The number of rotatable bonds is 4. The van der Waals surface area contributed by atoms with E-state index in [4.69, 9.17) is 9.84 Å². The third-order valence-corrected chi connectivity index (χ3v) is 6.76. The van der Waals surface area contributed by atoms with Crippen LogP contribution in [-0.4, -0.2) is 53.2 Å². The molecule has 7 nitrogen and oxygen atoms in total. The lowest BCUT2D eigenvalue weighted by Crippen LogP contribution is -2.55. The first-order chi connectivity index (χ1) is 14.5. The number of methoxy groups -OCH3 is 1. The van der Waals surface area contributed by atoms with E-state index in [0.29, 0.717) is 36.7 Å². The van der Waals surface area contributed by atoms with Crippen LogP contribution < -0.4 is 9.64 Å². The summed E-state index contributed by atoms with van der Waals surface area (Å²) in [6.07, 6.45) is 4.36. The van der Waals surface area contributed by atoms with Gasteiger partial charge in [0.05, 0.1) is 24.8 Å². The summed E-state index contributed by atoms with van der Waals surface area (Å²) in [5.41, 5.74) is 1.25. The number of anilines is 1. The summed E-state index contributed by atoms with van der Waals surface area (Å²) in [6.45, 7) is 4.02. The predicted molar refractivity (Wildman–Crippen MR) is 113 cm³/mol. The summed E-state index contributed by atoms with van der Waals surface area (Å²) in [5, 5.41) is 4.79. The van der Waals surface area contributed by atoms with Gasteiger partial charge in [0.2, 0.25) is 5.91 Å². The molecule has 0 unspecified atom stereocenters. The molecule has 1 saturated carbocycles. The van der Waals surface area contributed by atoms with Crippen LogP contribution >= 0.6 is 0 Å². The maximum Gasteiger partial charge on any atom is 0.253 e. The van der Waals surface area contributed by atoms with Crippen LogP contribution in [0.1, 0.15) is 48.2 Å². The molecule has 1 aromatic carbocycles. The van der Waals surface area contributed by atoms with E-state index in [1.807, 2.05) is 41.0 Å². The van der Waals surface area contributed by atoms with Crippen molar-refractivity contribution in [3.63, 3.8) is 0 Å². The molecule has 5 rings (SSSR count). The van der Waals surface area contributed by atoms with E-state index in [2.05, 4.69) is 4.68 Å². The third kappa shape index (κ3) is 3.26. The largest absolute Gasteiger partial charge is 0.497 e.